The van der Waals surface area contributed by atoms with Gasteiger partial charge in [-0.05, 0) is 53.9 Å². The third-order valence-corrected chi connectivity index (χ3v) is 7.86. The van der Waals surface area contributed by atoms with Crippen LogP contribution in [0.4, 0.5) is 4.79 Å². The Labute approximate surface area is 206 Å². The van der Waals surface area contributed by atoms with Gasteiger partial charge in [0.15, 0.2) is 0 Å². The molecule has 35 heavy (non-hydrogen) atoms. The zero-order valence-electron chi connectivity index (χ0n) is 20.4. The smallest absolute Gasteiger partial charge is 0.407 e. The lowest BCUT2D eigenvalue weighted by atomic mass is 9.66. The Morgan fingerprint density at radius 3 is 2.14 bits per heavy atom. The van der Waals surface area contributed by atoms with Gasteiger partial charge in [0.2, 0.25) is 5.91 Å². The van der Waals surface area contributed by atoms with Crippen LogP contribution in [0, 0.1) is 10.8 Å². The van der Waals surface area contributed by atoms with Gasteiger partial charge in [0.05, 0.1) is 11.8 Å². The van der Waals surface area contributed by atoms with Crippen molar-refractivity contribution >= 4 is 18.0 Å². The molecule has 0 heterocycles. The minimum absolute atomic E-state index is 0.0260. The predicted octanol–water partition coefficient (Wildman–Crippen LogP) is 4.70. The molecule has 0 saturated heterocycles. The van der Waals surface area contributed by atoms with Gasteiger partial charge in [0.1, 0.15) is 6.61 Å². The molecule has 2 amide bonds. The highest BCUT2D eigenvalue weighted by atomic mass is 16.5. The number of benzene rings is 2. The van der Waals surface area contributed by atoms with E-state index in [9.17, 15) is 19.5 Å². The summed E-state index contributed by atoms with van der Waals surface area (Å²) in [6.07, 6.45) is 2.63. The maximum absolute atomic E-state index is 13.0. The lowest BCUT2D eigenvalue weighted by molar-refractivity contribution is -0.142. The molecule has 1 atom stereocenters. The van der Waals surface area contributed by atoms with Crippen LogP contribution in [0.1, 0.15) is 63.0 Å². The Balaban J connectivity index is 1.31. The van der Waals surface area contributed by atoms with E-state index in [0.717, 1.165) is 30.4 Å². The molecule has 7 nitrogen and oxygen atoms in total. The van der Waals surface area contributed by atoms with Gasteiger partial charge in [-0.25, -0.2) is 4.79 Å². The fourth-order valence-electron chi connectivity index (χ4n) is 5.18. The third-order valence-electron chi connectivity index (χ3n) is 7.86. The summed E-state index contributed by atoms with van der Waals surface area (Å²) in [4.78, 5) is 36.7. The Kier molecular flexibility index (Phi) is 7.15. The second kappa shape index (κ2) is 10.1. The second-order valence-electron chi connectivity index (χ2n) is 10.2. The molecule has 0 bridgehead atoms. The molecule has 3 N–H and O–H groups in total. The van der Waals surface area contributed by atoms with Gasteiger partial charge in [-0.1, -0.05) is 61.9 Å². The molecule has 4 rings (SSSR count). The number of amides is 2. The Morgan fingerprint density at radius 1 is 1.03 bits per heavy atom. The lowest BCUT2D eigenvalue weighted by Crippen LogP contribution is -2.50. The van der Waals surface area contributed by atoms with E-state index in [-0.39, 0.29) is 36.8 Å². The van der Waals surface area contributed by atoms with Crippen LogP contribution in [-0.4, -0.2) is 42.8 Å². The summed E-state index contributed by atoms with van der Waals surface area (Å²) >= 11 is 0. The standard InChI is InChI=1S/C28H34N2O5/c1-3-27(2,25(33)29-18-28(13-8-14-28)15-24(31)32)17-30-26(34)35-16-23-21-11-6-4-9-19(21)20-10-5-7-12-22(20)23/h4-7,9-12,23H,3,8,13-18H2,1-2H3,(H,29,33)(H,30,34)(H,31,32). The third kappa shape index (κ3) is 5.19. The molecule has 2 aromatic rings. The highest BCUT2D eigenvalue weighted by Crippen LogP contribution is 2.45. The highest BCUT2D eigenvalue weighted by Gasteiger charge is 2.41. The lowest BCUT2D eigenvalue weighted by Gasteiger charge is -2.41. The molecule has 0 radical (unpaired) electrons. The molecule has 0 aliphatic heterocycles. The van der Waals surface area contributed by atoms with Crippen LogP contribution in [0.2, 0.25) is 0 Å². The summed E-state index contributed by atoms with van der Waals surface area (Å²) in [6, 6.07) is 16.3. The predicted molar refractivity (Wildman–Crippen MR) is 133 cm³/mol. The quantitative estimate of drug-likeness (QED) is 0.459. The van der Waals surface area contributed by atoms with Crippen molar-refractivity contribution in [3.63, 3.8) is 0 Å². The normalized spacial score (nSPS) is 17.3. The minimum Gasteiger partial charge on any atom is -0.481 e. The van der Waals surface area contributed by atoms with Crippen molar-refractivity contribution in [1.29, 1.82) is 0 Å². The molecule has 1 unspecified atom stereocenters. The van der Waals surface area contributed by atoms with Crippen LogP contribution < -0.4 is 10.6 Å². The zero-order chi connectivity index (χ0) is 25.1. The van der Waals surface area contributed by atoms with E-state index in [4.69, 9.17) is 4.74 Å². The molecule has 1 fully saturated rings. The van der Waals surface area contributed by atoms with Gasteiger partial charge in [-0.15, -0.1) is 0 Å². The molecule has 186 valence electrons. The maximum atomic E-state index is 13.0. The van der Waals surface area contributed by atoms with Crippen molar-refractivity contribution in [3.8, 4) is 11.1 Å². The summed E-state index contributed by atoms with van der Waals surface area (Å²) in [5.41, 5.74) is 3.45. The number of carboxylic acid groups (broad SMARTS) is 1. The number of carbonyl (C=O) groups is 3. The SMILES string of the molecule is CCC(C)(CNC(=O)OCC1c2ccccc2-c2ccccc21)C(=O)NCC1(CC(=O)O)CCC1. The summed E-state index contributed by atoms with van der Waals surface area (Å²) in [6.45, 7) is 4.40. The van der Waals surface area contributed by atoms with E-state index in [1.165, 1.54) is 11.1 Å². The Hall–Kier alpha value is -3.35. The molecule has 0 spiro atoms. The van der Waals surface area contributed by atoms with Crippen LogP contribution in [-0.2, 0) is 14.3 Å². The molecule has 2 aromatic carbocycles. The number of hydrogen-bond acceptors (Lipinski definition) is 4. The first-order chi connectivity index (χ1) is 16.8. The van der Waals surface area contributed by atoms with Crippen LogP contribution in [0.15, 0.2) is 48.5 Å². The van der Waals surface area contributed by atoms with Gasteiger partial charge in [-0.2, -0.15) is 0 Å². The van der Waals surface area contributed by atoms with E-state index < -0.39 is 17.5 Å². The number of carbonyl (C=O) groups excluding carboxylic acids is 2. The number of alkyl carbamates (subject to hydrolysis) is 1. The number of rotatable bonds is 10. The first-order valence-electron chi connectivity index (χ1n) is 12.4. The van der Waals surface area contributed by atoms with Crippen LogP contribution in [0.3, 0.4) is 0 Å². The fraction of sp³-hybridized carbons (Fsp3) is 0.464. The Morgan fingerprint density at radius 2 is 1.63 bits per heavy atom. The van der Waals surface area contributed by atoms with E-state index >= 15 is 0 Å². The number of aliphatic carboxylic acids is 1. The minimum atomic E-state index is -0.839. The molecular weight excluding hydrogens is 444 g/mol. The van der Waals surface area contributed by atoms with Crippen molar-refractivity contribution < 1.29 is 24.2 Å². The summed E-state index contributed by atoms with van der Waals surface area (Å²) in [7, 11) is 0. The van der Waals surface area contributed by atoms with E-state index in [2.05, 4.69) is 34.9 Å². The first kappa shape index (κ1) is 24.8. The molecule has 2 aliphatic rings. The van der Waals surface area contributed by atoms with Gasteiger partial charge < -0.3 is 20.5 Å². The van der Waals surface area contributed by atoms with Crippen molar-refractivity contribution in [2.75, 3.05) is 19.7 Å². The molecule has 2 aliphatic carbocycles. The van der Waals surface area contributed by atoms with Crippen molar-refractivity contribution in [3.05, 3.63) is 59.7 Å². The topological polar surface area (TPSA) is 105 Å². The number of carboxylic acids is 1. The van der Waals surface area contributed by atoms with Crippen LogP contribution >= 0.6 is 0 Å². The number of fused-ring (bicyclic) bond motifs is 3. The Bertz CT molecular complexity index is 1060. The summed E-state index contributed by atoms with van der Waals surface area (Å²) in [5, 5.41) is 14.9. The number of ether oxygens (including phenoxy) is 1. The average molecular weight is 479 g/mol. The maximum Gasteiger partial charge on any atom is 0.407 e. The van der Waals surface area contributed by atoms with E-state index in [0.29, 0.717) is 13.0 Å². The monoisotopic (exact) mass is 478 g/mol. The first-order valence-corrected chi connectivity index (χ1v) is 12.4. The van der Waals surface area contributed by atoms with Crippen LogP contribution in [0.5, 0.6) is 0 Å². The average Bonchev–Trinajstić information content (AvgIpc) is 3.16. The number of nitrogens with one attached hydrogen (secondary N) is 2. The van der Waals surface area contributed by atoms with Gasteiger partial charge in [0.25, 0.3) is 0 Å². The van der Waals surface area contributed by atoms with Crippen molar-refractivity contribution in [2.45, 2.75) is 51.9 Å². The second-order valence-corrected chi connectivity index (χ2v) is 10.2. The van der Waals surface area contributed by atoms with Gasteiger partial charge in [0, 0.05) is 19.0 Å². The van der Waals surface area contributed by atoms with Gasteiger partial charge >= 0.3 is 12.1 Å². The van der Waals surface area contributed by atoms with Gasteiger partial charge in [-0.3, -0.25) is 9.59 Å². The largest absolute Gasteiger partial charge is 0.481 e. The summed E-state index contributed by atoms with van der Waals surface area (Å²) in [5.74, 6) is -1.05. The van der Waals surface area contributed by atoms with E-state index in [1.807, 2.05) is 31.2 Å². The van der Waals surface area contributed by atoms with Crippen LogP contribution in [0.25, 0.3) is 11.1 Å². The number of hydrogen-bond donors (Lipinski definition) is 3. The molecule has 1 saturated carbocycles. The zero-order valence-corrected chi connectivity index (χ0v) is 20.4. The van der Waals surface area contributed by atoms with Crippen molar-refractivity contribution in [2.24, 2.45) is 10.8 Å². The molecule has 7 heteroatoms. The summed E-state index contributed by atoms with van der Waals surface area (Å²) < 4.78 is 5.60. The fourth-order valence-corrected chi connectivity index (χ4v) is 5.18. The molecule has 0 aromatic heterocycles. The van der Waals surface area contributed by atoms with E-state index in [1.54, 1.807) is 6.92 Å². The highest BCUT2D eigenvalue weighted by molar-refractivity contribution is 5.83. The van der Waals surface area contributed by atoms with Crippen molar-refractivity contribution in [1.82, 2.24) is 10.6 Å². The molecular formula is C28H34N2O5.